The van der Waals surface area contributed by atoms with Gasteiger partial charge in [0, 0.05) is 11.9 Å². The van der Waals surface area contributed by atoms with Gasteiger partial charge in [0.1, 0.15) is 5.75 Å². The van der Waals surface area contributed by atoms with Gasteiger partial charge in [0.05, 0.1) is 6.42 Å². The maximum atomic E-state index is 11.1. The van der Waals surface area contributed by atoms with Crippen molar-refractivity contribution in [1.82, 2.24) is 10.1 Å². The number of aromatic nitrogens is 2. The van der Waals surface area contributed by atoms with Crippen molar-refractivity contribution in [2.45, 2.75) is 12.2 Å². The van der Waals surface area contributed by atoms with E-state index in [0.29, 0.717) is 18.0 Å². The lowest BCUT2D eigenvalue weighted by Gasteiger charge is -1.97. The Bertz CT molecular complexity index is 649. The molecule has 1 heterocycles. The molecule has 0 fully saturated rings. The SMILES string of the molecule is CS(=O)(=O)Cc1noc(Cc2cccc(N)c2)n1. The fraction of sp³-hybridized carbons (Fsp3) is 0.273. The Morgan fingerprint density at radius 3 is 2.83 bits per heavy atom. The Kier molecular flexibility index (Phi) is 3.33. The Morgan fingerprint density at radius 2 is 2.17 bits per heavy atom. The van der Waals surface area contributed by atoms with E-state index in [1.165, 1.54) is 0 Å². The van der Waals surface area contributed by atoms with Crippen LogP contribution in [-0.2, 0) is 22.0 Å². The molecule has 0 radical (unpaired) electrons. The van der Waals surface area contributed by atoms with Crippen LogP contribution in [0.3, 0.4) is 0 Å². The highest BCUT2D eigenvalue weighted by Gasteiger charge is 2.12. The Hall–Kier alpha value is -1.89. The lowest BCUT2D eigenvalue weighted by atomic mass is 10.1. The van der Waals surface area contributed by atoms with Crippen molar-refractivity contribution in [3.63, 3.8) is 0 Å². The topological polar surface area (TPSA) is 99.1 Å². The van der Waals surface area contributed by atoms with Crippen LogP contribution in [0.15, 0.2) is 28.8 Å². The second-order valence-corrected chi connectivity index (χ2v) is 6.24. The van der Waals surface area contributed by atoms with E-state index in [9.17, 15) is 8.42 Å². The van der Waals surface area contributed by atoms with Gasteiger partial charge < -0.3 is 10.3 Å². The van der Waals surface area contributed by atoms with Crippen molar-refractivity contribution in [1.29, 1.82) is 0 Å². The first-order valence-electron chi connectivity index (χ1n) is 5.26. The predicted octanol–water partition coefficient (Wildman–Crippen LogP) is 0.787. The molecule has 18 heavy (non-hydrogen) atoms. The number of nitrogen functional groups attached to an aromatic ring is 1. The van der Waals surface area contributed by atoms with Crippen LogP contribution in [0, 0.1) is 0 Å². The molecular formula is C11H13N3O3S. The lowest BCUT2D eigenvalue weighted by molar-refractivity contribution is 0.380. The molecule has 96 valence electrons. The third kappa shape index (κ3) is 3.56. The van der Waals surface area contributed by atoms with Crippen molar-refractivity contribution < 1.29 is 12.9 Å². The van der Waals surface area contributed by atoms with Crippen molar-refractivity contribution in [2.75, 3.05) is 12.0 Å². The molecule has 7 heteroatoms. The van der Waals surface area contributed by atoms with Crippen LogP contribution in [0.25, 0.3) is 0 Å². The lowest BCUT2D eigenvalue weighted by Crippen LogP contribution is -2.02. The van der Waals surface area contributed by atoms with Gasteiger partial charge >= 0.3 is 0 Å². The third-order valence-electron chi connectivity index (χ3n) is 2.21. The summed E-state index contributed by atoms with van der Waals surface area (Å²) in [6.45, 7) is 0. The van der Waals surface area contributed by atoms with Gasteiger partial charge in [0.2, 0.25) is 5.89 Å². The molecule has 2 aromatic rings. The normalized spacial score (nSPS) is 11.6. The molecule has 0 unspecified atom stereocenters. The van der Waals surface area contributed by atoms with Crippen LogP contribution < -0.4 is 5.73 Å². The molecule has 0 aliphatic carbocycles. The molecule has 6 nitrogen and oxygen atoms in total. The van der Waals surface area contributed by atoms with E-state index in [4.69, 9.17) is 10.3 Å². The highest BCUT2D eigenvalue weighted by molar-refractivity contribution is 7.89. The molecule has 0 spiro atoms. The second-order valence-electron chi connectivity index (χ2n) is 4.10. The molecule has 0 amide bonds. The van der Waals surface area contributed by atoms with E-state index >= 15 is 0 Å². The summed E-state index contributed by atoms with van der Waals surface area (Å²) < 4.78 is 27.1. The largest absolute Gasteiger partial charge is 0.399 e. The summed E-state index contributed by atoms with van der Waals surface area (Å²) in [7, 11) is -3.15. The van der Waals surface area contributed by atoms with Crippen molar-refractivity contribution in [3.8, 4) is 0 Å². The van der Waals surface area contributed by atoms with E-state index < -0.39 is 9.84 Å². The Balaban J connectivity index is 2.12. The second kappa shape index (κ2) is 4.77. The van der Waals surface area contributed by atoms with Crippen molar-refractivity contribution >= 4 is 15.5 Å². The number of benzene rings is 1. The molecule has 0 aliphatic rings. The van der Waals surface area contributed by atoms with Gasteiger partial charge in [-0.1, -0.05) is 17.3 Å². The first kappa shape index (κ1) is 12.6. The molecule has 1 aromatic heterocycles. The van der Waals surface area contributed by atoms with Gasteiger partial charge in [-0.05, 0) is 17.7 Å². The van der Waals surface area contributed by atoms with Gasteiger partial charge in [-0.2, -0.15) is 4.98 Å². The number of rotatable bonds is 4. The van der Waals surface area contributed by atoms with Crippen LogP contribution in [0.1, 0.15) is 17.3 Å². The van der Waals surface area contributed by atoms with E-state index in [1.54, 1.807) is 12.1 Å². The smallest absolute Gasteiger partial charge is 0.231 e. The fourth-order valence-electron chi connectivity index (χ4n) is 1.53. The minimum Gasteiger partial charge on any atom is -0.399 e. The number of nitrogens with two attached hydrogens (primary N) is 1. The van der Waals surface area contributed by atoms with Crippen LogP contribution in [0.4, 0.5) is 5.69 Å². The molecular weight excluding hydrogens is 254 g/mol. The molecule has 2 N–H and O–H groups in total. The van der Waals surface area contributed by atoms with Crippen molar-refractivity contribution in [2.24, 2.45) is 0 Å². The minimum absolute atomic E-state index is 0.177. The first-order chi connectivity index (χ1) is 8.42. The van der Waals surface area contributed by atoms with Crippen LogP contribution in [-0.4, -0.2) is 24.8 Å². The summed E-state index contributed by atoms with van der Waals surface area (Å²) in [4.78, 5) is 4.02. The van der Waals surface area contributed by atoms with Gasteiger partial charge in [-0.3, -0.25) is 0 Å². The molecule has 0 saturated heterocycles. The third-order valence-corrected chi connectivity index (χ3v) is 2.99. The zero-order valence-electron chi connectivity index (χ0n) is 9.83. The molecule has 0 atom stereocenters. The Morgan fingerprint density at radius 1 is 1.39 bits per heavy atom. The number of anilines is 1. The van der Waals surface area contributed by atoms with Crippen molar-refractivity contribution in [3.05, 3.63) is 41.5 Å². The molecule has 0 aliphatic heterocycles. The van der Waals surface area contributed by atoms with Crippen LogP contribution in [0.2, 0.25) is 0 Å². The predicted molar refractivity (Wildman–Crippen MR) is 66.5 cm³/mol. The summed E-state index contributed by atoms with van der Waals surface area (Å²) in [6.07, 6.45) is 1.56. The maximum absolute atomic E-state index is 11.1. The summed E-state index contributed by atoms with van der Waals surface area (Å²) in [5.41, 5.74) is 7.25. The summed E-state index contributed by atoms with van der Waals surface area (Å²) in [5, 5.41) is 3.62. The molecule has 0 saturated carbocycles. The zero-order chi connectivity index (χ0) is 13.2. The summed E-state index contributed by atoms with van der Waals surface area (Å²) in [6, 6.07) is 7.31. The van der Waals surface area contributed by atoms with Gasteiger partial charge in [-0.25, -0.2) is 8.42 Å². The van der Waals surface area contributed by atoms with Gasteiger partial charge in [0.25, 0.3) is 0 Å². The average Bonchev–Trinajstić information content (AvgIpc) is 2.62. The standard InChI is InChI=1S/C11H13N3O3S/c1-18(15,16)7-10-13-11(17-14-10)6-8-3-2-4-9(12)5-8/h2-5H,6-7,12H2,1H3. The fourth-order valence-corrected chi connectivity index (χ4v) is 2.12. The monoisotopic (exact) mass is 267 g/mol. The molecule has 2 rings (SSSR count). The molecule has 1 aromatic carbocycles. The van der Waals surface area contributed by atoms with E-state index in [2.05, 4.69) is 10.1 Å². The number of nitrogens with zero attached hydrogens (tertiary/aromatic N) is 2. The Labute approximate surface area is 105 Å². The number of hydrogen-bond donors (Lipinski definition) is 1. The zero-order valence-corrected chi connectivity index (χ0v) is 10.6. The quantitative estimate of drug-likeness (QED) is 0.822. The minimum atomic E-state index is -3.15. The highest BCUT2D eigenvalue weighted by atomic mass is 32.2. The van der Waals surface area contributed by atoms with Crippen LogP contribution >= 0.6 is 0 Å². The van der Waals surface area contributed by atoms with Crippen LogP contribution in [0.5, 0.6) is 0 Å². The molecule has 0 bridgehead atoms. The average molecular weight is 267 g/mol. The number of hydrogen-bond acceptors (Lipinski definition) is 6. The van der Waals surface area contributed by atoms with Gasteiger partial charge in [0.15, 0.2) is 15.7 Å². The van der Waals surface area contributed by atoms with Gasteiger partial charge in [-0.15, -0.1) is 0 Å². The summed E-state index contributed by atoms with van der Waals surface area (Å²) >= 11 is 0. The van der Waals surface area contributed by atoms with E-state index in [0.717, 1.165) is 11.8 Å². The van der Waals surface area contributed by atoms with E-state index in [1.807, 2.05) is 12.1 Å². The first-order valence-corrected chi connectivity index (χ1v) is 7.32. The highest BCUT2D eigenvalue weighted by Crippen LogP contribution is 2.11. The van der Waals surface area contributed by atoms with E-state index in [-0.39, 0.29) is 11.6 Å². The summed E-state index contributed by atoms with van der Waals surface area (Å²) in [5.74, 6) is 0.337. The maximum Gasteiger partial charge on any atom is 0.231 e. The number of sulfone groups is 1.